The molecule has 1 aliphatic rings. The summed E-state index contributed by atoms with van der Waals surface area (Å²) >= 11 is 6.36. The minimum Gasteiger partial charge on any atom is -0.323 e. The molecule has 1 N–H and O–H groups in total. The minimum atomic E-state index is -0.370. The Hall–Kier alpha value is -4.63. The quantitative estimate of drug-likeness (QED) is 0.297. The van der Waals surface area contributed by atoms with Crippen LogP contribution in [0.2, 0.25) is 5.02 Å². The number of pyridine rings is 2. The van der Waals surface area contributed by atoms with Crippen LogP contribution in [0.15, 0.2) is 84.3 Å². The predicted molar refractivity (Wildman–Crippen MR) is 158 cm³/mol. The number of halogens is 1. The van der Waals surface area contributed by atoms with E-state index >= 15 is 0 Å². The fourth-order valence-corrected chi connectivity index (χ4v) is 5.52. The van der Waals surface area contributed by atoms with Gasteiger partial charge in [-0.2, -0.15) is 5.10 Å². The second-order valence-corrected chi connectivity index (χ2v) is 10.7. The molecule has 1 amide bonds. The number of benzene rings is 1. The van der Waals surface area contributed by atoms with Crippen LogP contribution in [0, 0.1) is 5.92 Å². The number of amides is 1. The van der Waals surface area contributed by atoms with Gasteiger partial charge < -0.3 is 5.32 Å². The highest BCUT2D eigenvalue weighted by Crippen LogP contribution is 2.34. The van der Waals surface area contributed by atoms with Crippen LogP contribution in [0.4, 0.5) is 5.69 Å². The van der Waals surface area contributed by atoms with E-state index < -0.39 is 0 Å². The molecule has 6 rings (SSSR count). The van der Waals surface area contributed by atoms with Gasteiger partial charge in [-0.05, 0) is 49.2 Å². The molecule has 2 unspecified atom stereocenters. The third-order valence-corrected chi connectivity index (χ3v) is 7.76. The number of rotatable bonds is 3. The van der Waals surface area contributed by atoms with Crippen molar-refractivity contribution in [1.82, 2.24) is 29.3 Å². The molecule has 5 aromatic rings. The fraction of sp³-hybridized carbons (Fsp3) is 0.226. The Morgan fingerprint density at radius 2 is 1.80 bits per heavy atom. The summed E-state index contributed by atoms with van der Waals surface area (Å²) in [5, 5.41) is 7.94. The molecule has 0 spiro atoms. The molecular formula is C31H28ClN7O2. The topological polar surface area (TPSA) is 108 Å². The van der Waals surface area contributed by atoms with Crippen molar-refractivity contribution < 1.29 is 4.79 Å². The maximum Gasteiger partial charge on any atom is 0.254 e. The SMILES string of the molecule is CC1CCCC(n2cnc(-c3cc(Cl)ccc3-c3ccccn3)cc2=O)c2cc(ccn2)-c2c(cnn2C)NC1=O. The van der Waals surface area contributed by atoms with Crippen molar-refractivity contribution in [3.8, 4) is 33.8 Å². The van der Waals surface area contributed by atoms with Crippen LogP contribution in [-0.2, 0) is 11.8 Å². The van der Waals surface area contributed by atoms with Crippen LogP contribution in [0.1, 0.15) is 37.9 Å². The van der Waals surface area contributed by atoms with E-state index in [0.29, 0.717) is 29.2 Å². The first kappa shape index (κ1) is 26.6. The molecule has 5 heterocycles. The van der Waals surface area contributed by atoms with Gasteiger partial charge in [0.1, 0.15) is 0 Å². The zero-order valence-electron chi connectivity index (χ0n) is 22.7. The van der Waals surface area contributed by atoms with Crippen LogP contribution < -0.4 is 10.9 Å². The summed E-state index contributed by atoms with van der Waals surface area (Å²) in [7, 11) is 1.83. The van der Waals surface area contributed by atoms with Crippen molar-refractivity contribution in [1.29, 1.82) is 0 Å². The van der Waals surface area contributed by atoms with Crippen molar-refractivity contribution in [2.75, 3.05) is 5.32 Å². The highest BCUT2D eigenvalue weighted by Gasteiger charge is 2.24. The average molecular weight is 566 g/mol. The third-order valence-electron chi connectivity index (χ3n) is 7.52. The van der Waals surface area contributed by atoms with Crippen molar-refractivity contribution in [3.05, 3.63) is 101 Å². The van der Waals surface area contributed by atoms with E-state index in [1.54, 1.807) is 46.3 Å². The lowest BCUT2D eigenvalue weighted by Gasteiger charge is -2.22. The Morgan fingerprint density at radius 1 is 0.927 bits per heavy atom. The molecule has 4 aromatic heterocycles. The standard InChI is InChI=1S/C31H28ClN7O2/c1-19-6-5-8-28(26-14-20(11-13-34-26)30-27(37-31(19)41)17-36-38(30)2)39-18-35-25(16-29(39)40)23-15-21(32)9-10-22(23)24-7-3-4-12-33-24/h3-4,7,9-19,28H,5-6,8H2,1-2H3,(H,37,41). The van der Waals surface area contributed by atoms with E-state index in [1.807, 2.05) is 50.4 Å². The Morgan fingerprint density at radius 3 is 2.61 bits per heavy atom. The summed E-state index contributed by atoms with van der Waals surface area (Å²) in [5.74, 6) is -0.265. The monoisotopic (exact) mass is 565 g/mol. The van der Waals surface area contributed by atoms with Crippen LogP contribution in [0.5, 0.6) is 0 Å². The summed E-state index contributed by atoms with van der Waals surface area (Å²) in [5.41, 5.74) is 5.62. The van der Waals surface area contributed by atoms with E-state index in [4.69, 9.17) is 16.6 Å². The number of aryl methyl sites for hydroxylation is 1. The maximum absolute atomic E-state index is 13.7. The summed E-state index contributed by atoms with van der Waals surface area (Å²) in [6.07, 6.45) is 8.68. The number of carbonyl (C=O) groups is 1. The normalized spacial score (nSPS) is 17.2. The first-order valence-electron chi connectivity index (χ1n) is 13.5. The van der Waals surface area contributed by atoms with Crippen LogP contribution >= 0.6 is 11.6 Å². The van der Waals surface area contributed by atoms with E-state index in [9.17, 15) is 9.59 Å². The van der Waals surface area contributed by atoms with Gasteiger partial charge in [0.15, 0.2) is 0 Å². The second-order valence-electron chi connectivity index (χ2n) is 10.3. The lowest BCUT2D eigenvalue weighted by atomic mass is 9.97. The zero-order valence-corrected chi connectivity index (χ0v) is 23.4. The molecule has 0 aliphatic carbocycles. The lowest BCUT2D eigenvalue weighted by Crippen LogP contribution is -2.27. The molecule has 0 radical (unpaired) electrons. The number of hydrogen-bond donors (Lipinski definition) is 1. The van der Waals surface area contributed by atoms with E-state index in [-0.39, 0.29) is 23.4 Å². The molecule has 10 heteroatoms. The number of aromatic nitrogens is 6. The van der Waals surface area contributed by atoms with Crippen molar-refractivity contribution in [2.24, 2.45) is 13.0 Å². The van der Waals surface area contributed by atoms with Crippen molar-refractivity contribution in [3.63, 3.8) is 0 Å². The minimum absolute atomic E-state index is 0.0564. The Bertz CT molecular complexity index is 1800. The molecule has 0 fully saturated rings. The van der Waals surface area contributed by atoms with Gasteiger partial charge >= 0.3 is 0 Å². The van der Waals surface area contributed by atoms with Crippen LogP contribution in [-0.4, -0.2) is 35.2 Å². The molecule has 1 aromatic carbocycles. The summed E-state index contributed by atoms with van der Waals surface area (Å²) in [6, 6.07) is 16.2. The number of anilines is 1. The van der Waals surface area contributed by atoms with Gasteiger partial charge in [-0.3, -0.25) is 28.8 Å². The predicted octanol–water partition coefficient (Wildman–Crippen LogP) is 5.77. The molecule has 0 saturated heterocycles. The van der Waals surface area contributed by atoms with E-state index in [2.05, 4.69) is 20.4 Å². The molecule has 41 heavy (non-hydrogen) atoms. The number of fused-ring (bicyclic) bond motifs is 4. The summed E-state index contributed by atoms with van der Waals surface area (Å²) < 4.78 is 3.36. The third kappa shape index (κ3) is 5.28. The van der Waals surface area contributed by atoms with E-state index in [0.717, 1.165) is 40.2 Å². The van der Waals surface area contributed by atoms with Gasteiger partial charge in [0.05, 0.1) is 47.0 Å². The number of carbonyl (C=O) groups excluding carboxylic acids is 1. The number of nitrogens with one attached hydrogen (secondary N) is 1. The first-order valence-corrected chi connectivity index (χ1v) is 13.9. The molecular weight excluding hydrogens is 538 g/mol. The van der Waals surface area contributed by atoms with Gasteiger partial charge in [-0.15, -0.1) is 0 Å². The van der Waals surface area contributed by atoms with Crippen LogP contribution in [0.25, 0.3) is 33.8 Å². The van der Waals surface area contributed by atoms with Gasteiger partial charge in [0.2, 0.25) is 5.91 Å². The summed E-state index contributed by atoms with van der Waals surface area (Å²) in [4.78, 5) is 40.5. The Kier molecular flexibility index (Phi) is 7.19. The van der Waals surface area contributed by atoms with E-state index in [1.165, 1.54) is 6.07 Å². The smallest absolute Gasteiger partial charge is 0.254 e. The maximum atomic E-state index is 13.7. The molecule has 1 aliphatic heterocycles. The molecule has 2 atom stereocenters. The highest BCUT2D eigenvalue weighted by atomic mass is 35.5. The van der Waals surface area contributed by atoms with Gasteiger partial charge in [0, 0.05) is 53.1 Å². The Labute approximate surface area is 241 Å². The largest absolute Gasteiger partial charge is 0.323 e. The molecule has 9 nitrogen and oxygen atoms in total. The van der Waals surface area contributed by atoms with Gasteiger partial charge in [-0.25, -0.2) is 4.98 Å². The zero-order chi connectivity index (χ0) is 28.5. The molecule has 2 bridgehead atoms. The number of hydrogen-bond acceptors (Lipinski definition) is 6. The van der Waals surface area contributed by atoms with Crippen LogP contribution in [0.3, 0.4) is 0 Å². The Balaban J connectivity index is 1.44. The molecule has 0 saturated carbocycles. The fourth-order valence-electron chi connectivity index (χ4n) is 5.35. The first-order chi connectivity index (χ1) is 19.9. The van der Waals surface area contributed by atoms with Gasteiger partial charge in [-0.1, -0.05) is 37.1 Å². The van der Waals surface area contributed by atoms with Gasteiger partial charge in [0.25, 0.3) is 5.56 Å². The summed E-state index contributed by atoms with van der Waals surface area (Å²) in [6.45, 7) is 1.91. The average Bonchev–Trinajstić information content (AvgIpc) is 3.34. The van der Waals surface area contributed by atoms with Crippen molar-refractivity contribution in [2.45, 2.75) is 32.2 Å². The number of nitrogens with zero attached hydrogens (tertiary/aromatic N) is 6. The molecule has 206 valence electrons. The lowest BCUT2D eigenvalue weighted by molar-refractivity contribution is -0.119. The second kappa shape index (κ2) is 11.1. The van der Waals surface area contributed by atoms with Crippen molar-refractivity contribution >= 4 is 23.2 Å². The highest BCUT2D eigenvalue weighted by molar-refractivity contribution is 6.31.